The summed E-state index contributed by atoms with van der Waals surface area (Å²) < 4.78 is 5.24. The zero-order chi connectivity index (χ0) is 16.2. The van der Waals surface area contributed by atoms with Crippen LogP contribution in [0.5, 0.6) is 0 Å². The van der Waals surface area contributed by atoms with Gasteiger partial charge in [-0.1, -0.05) is 5.16 Å². The Labute approximate surface area is 151 Å². The minimum Gasteiger partial charge on any atom is -0.342 e. The first-order valence-electron chi connectivity index (χ1n) is 8.02. The molecule has 0 spiro atoms. The first-order valence-corrected chi connectivity index (χ1v) is 8.96. The van der Waals surface area contributed by atoms with Crippen molar-refractivity contribution < 1.29 is 9.32 Å². The molecule has 1 aliphatic rings. The number of likely N-dealkylation sites (tertiary alicyclic amines) is 1. The van der Waals surface area contributed by atoms with E-state index in [0.29, 0.717) is 30.5 Å². The normalized spacial score (nSPS) is 18.9. The van der Waals surface area contributed by atoms with Gasteiger partial charge in [-0.2, -0.15) is 16.3 Å². The SMILES string of the molecule is CC(N)C1CCCN(C(=O)CCc2nc(-c3ccsc3)no2)C1.Cl. The number of nitrogens with two attached hydrogens (primary N) is 1. The van der Waals surface area contributed by atoms with Crippen LogP contribution in [0.2, 0.25) is 0 Å². The van der Waals surface area contributed by atoms with Gasteiger partial charge >= 0.3 is 0 Å². The minimum absolute atomic E-state index is 0. The number of thiophene rings is 1. The summed E-state index contributed by atoms with van der Waals surface area (Å²) in [5.41, 5.74) is 6.92. The lowest BCUT2D eigenvalue weighted by molar-refractivity contribution is -0.133. The molecule has 1 saturated heterocycles. The van der Waals surface area contributed by atoms with E-state index in [2.05, 4.69) is 10.1 Å². The number of carbonyl (C=O) groups is 1. The molecule has 0 saturated carbocycles. The van der Waals surface area contributed by atoms with Crippen molar-refractivity contribution in [1.29, 1.82) is 0 Å². The van der Waals surface area contributed by atoms with Gasteiger partial charge in [0.2, 0.25) is 17.6 Å². The molecule has 2 aromatic rings. The van der Waals surface area contributed by atoms with E-state index in [0.717, 1.165) is 31.5 Å². The highest BCUT2D eigenvalue weighted by molar-refractivity contribution is 7.08. The molecule has 6 nitrogen and oxygen atoms in total. The summed E-state index contributed by atoms with van der Waals surface area (Å²) >= 11 is 1.59. The highest BCUT2D eigenvalue weighted by atomic mass is 35.5. The lowest BCUT2D eigenvalue weighted by Gasteiger charge is -2.34. The number of carbonyl (C=O) groups excluding carboxylic acids is 1. The van der Waals surface area contributed by atoms with E-state index in [1.54, 1.807) is 11.3 Å². The summed E-state index contributed by atoms with van der Waals surface area (Å²) in [4.78, 5) is 18.6. The van der Waals surface area contributed by atoms with Crippen molar-refractivity contribution in [2.45, 2.75) is 38.6 Å². The van der Waals surface area contributed by atoms with Crippen LogP contribution in [-0.4, -0.2) is 40.1 Å². The van der Waals surface area contributed by atoms with Gasteiger partial charge in [-0.25, -0.2) is 0 Å². The van der Waals surface area contributed by atoms with Gasteiger partial charge in [0.15, 0.2) is 0 Å². The summed E-state index contributed by atoms with van der Waals surface area (Å²) in [7, 11) is 0. The summed E-state index contributed by atoms with van der Waals surface area (Å²) in [5, 5.41) is 7.91. The van der Waals surface area contributed by atoms with Crippen LogP contribution in [0.4, 0.5) is 0 Å². The quantitative estimate of drug-likeness (QED) is 0.874. The van der Waals surface area contributed by atoms with Gasteiger partial charge in [0.25, 0.3) is 0 Å². The second-order valence-electron chi connectivity index (χ2n) is 6.12. The zero-order valence-corrected chi connectivity index (χ0v) is 15.3. The van der Waals surface area contributed by atoms with Crippen LogP contribution in [0.3, 0.4) is 0 Å². The van der Waals surface area contributed by atoms with E-state index in [1.165, 1.54) is 0 Å². The molecular formula is C16H23ClN4O2S. The number of rotatable bonds is 5. The third kappa shape index (κ3) is 4.55. The molecule has 1 amide bonds. The van der Waals surface area contributed by atoms with Crippen molar-refractivity contribution in [2.75, 3.05) is 13.1 Å². The Kier molecular flexibility index (Phi) is 6.77. The number of piperidine rings is 1. The molecule has 3 heterocycles. The minimum atomic E-state index is 0. The van der Waals surface area contributed by atoms with Crippen molar-refractivity contribution in [3.63, 3.8) is 0 Å². The first kappa shape index (κ1) is 18.9. The highest BCUT2D eigenvalue weighted by Crippen LogP contribution is 2.21. The predicted molar refractivity (Wildman–Crippen MR) is 96.1 cm³/mol. The summed E-state index contributed by atoms with van der Waals surface area (Å²) in [6.45, 7) is 3.61. The van der Waals surface area contributed by atoms with Gasteiger partial charge in [0, 0.05) is 42.9 Å². The van der Waals surface area contributed by atoms with E-state index >= 15 is 0 Å². The number of amides is 1. The molecule has 8 heteroatoms. The molecule has 2 aromatic heterocycles. The molecular weight excluding hydrogens is 348 g/mol. The van der Waals surface area contributed by atoms with E-state index in [1.807, 2.05) is 28.7 Å². The molecule has 2 N–H and O–H groups in total. The van der Waals surface area contributed by atoms with Crippen molar-refractivity contribution in [3.8, 4) is 11.4 Å². The number of hydrogen-bond acceptors (Lipinski definition) is 6. The fraction of sp³-hybridized carbons (Fsp3) is 0.562. The predicted octanol–water partition coefficient (Wildman–Crippen LogP) is 2.74. The van der Waals surface area contributed by atoms with E-state index < -0.39 is 0 Å². The molecule has 1 fully saturated rings. The van der Waals surface area contributed by atoms with Crippen LogP contribution in [0.15, 0.2) is 21.3 Å². The van der Waals surface area contributed by atoms with E-state index in [4.69, 9.17) is 10.3 Å². The monoisotopic (exact) mass is 370 g/mol. The van der Waals surface area contributed by atoms with Crippen LogP contribution in [0.1, 0.15) is 32.1 Å². The van der Waals surface area contributed by atoms with Crippen molar-refractivity contribution >= 4 is 29.7 Å². The number of halogens is 1. The zero-order valence-electron chi connectivity index (χ0n) is 13.7. The van der Waals surface area contributed by atoms with E-state index in [-0.39, 0.29) is 24.4 Å². The maximum Gasteiger partial charge on any atom is 0.227 e. The van der Waals surface area contributed by atoms with Gasteiger partial charge in [-0.3, -0.25) is 4.79 Å². The maximum absolute atomic E-state index is 12.4. The molecule has 2 atom stereocenters. The Morgan fingerprint density at radius 2 is 2.42 bits per heavy atom. The lowest BCUT2D eigenvalue weighted by atomic mass is 9.92. The van der Waals surface area contributed by atoms with Crippen LogP contribution in [-0.2, 0) is 11.2 Å². The maximum atomic E-state index is 12.4. The summed E-state index contributed by atoms with van der Waals surface area (Å²) in [5.74, 6) is 1.65. The Morgan fingerprint density at radius 1 is 1.58 bits per heavy atom. The Hall–Kier alpha value is -1.44. The number of hydrogen-bond donors (Lipinski definition) is 1. The van der Waals surface area contributed by atoms with Crippen molar-refractivity contribution in [3.05, 3.63) is 22.7 Å². The first-order chi connectivity index (χ1) is 11.1. The van der Waals surface area contributed by atoms with Gasteiger partial charge in [-0.05, 0) is 37.1 Å². The fourth-order valence-corrected chi connectivity index (χ4v) is 3.54. The number of aromatic nitrogens is 2. The molecule has 0 radical (unpaired) electrons. The lowest BCUT2D eigenvalue weighted by Crippen LogP contribution is -2.45. The molecule has 0 bridgehead atoms. The molecule has 2 unspecified atom stereocenters. The molecule has 0 aliphatic carbocycles. The Balaban J connectivity index is 0.00000208. The van der Waals surface area contributed by atoms with Gasteiger partial charge < -0.3 is 15.2 Å². The third-order valence-corrected chi connectivity index (χ3v) is 5.04. The molecule has 24 heavy (non-hydrogen) atoms. The standard InChI is InChI=1S/C16H22N4O2S.ClH/c1-11(17)12-3-2-7-20(9-12)15(21)5-4-14-18-16(19-22-14)13-6-8-23-10-13;/h6,8,10-12H,2-5,7,9,17H2,1H3;1H. The third-order valence-electron chi connectivity index (χ3n) is 4.35. The average molecular weight is 371 g/mol. The number of aryl methyl sites for hydroxylation is 1. The second-order valence-corrected chi connectivity index (χ2v) is 6.90. The smallest absolute Gasteiger partial charge is 0.227 e. The molecule has 3 rings (SSSR count). The van der Waals surface area contributed by atoms with Gasteiger partial charge in [-0.15, -0.1) is 12.4 Å². The van der Waals surface area contributed by atoms with E-state index in [9.17, 15) is 4.79 Å². The molecule has 0 aromatic carbocycles. The second kappa shape index (κ2) is 8.60. The fourth-order valence-electron chi connectivity index (χ4n) is 2.90. The molecule has 132 valence electrons. The number of nitrogens with zero attached hydrogens (tertiary/aromatic N) is 3. The largest absolute Gasteiger partial charge is 0.342 e. The van der Waals surface area contributed by atoms with Gasteiger partial charge in [0.05, 0.1) is 0 Å². The van der Waals surface area contributed by atoms with Gasteiger partial charge in [0.1, 0.15) is 0 Å². The van der Waals surface area contributed by atoms with Crippen LogP contribution >= 0.6 is 23.7 Å². The highest BCUT2D eigenvalue weighted by Gasteiger charge is 2.25. The van der Waals surface area contributed by atoms with Crippen LogP contribution in [0, 0.1) is 5.92 Å². The summed E-state index contributed by atoms with van der Waals surface area (Å²) in [6.07, 6.45) is 3.02. The summed E-state index contributed by atoms with van der Waals surface area (Å²) in [6, 6.07) is 2.08. The van der Waals surface area contributed by atoms with Crippen LogP contribution in [0.25, 0.3) is 11.4 Å². The Bertz CT molecular complexity index is 644. The van der Waals surface area contributed by atoms with Crippen LogP contribution < -0.4 is 5.73 Å². The van der Waals surface area contributed by atoms with Crippen molar-refractivity contribution in [2.24, 2.45) is 11.7 Å². The topological polar surface area (TPSA) is 85.2 Å². The average Bonchev–Trinajstić information content (AvgIpc) is 3.23. The molecule has 1 aliphatic heterocycles. The Morgan fingerprint density at radius 3 is 3.12 bits per heavy atom. The van der Waals surface area contributed by atoms with Crippen molar-refractivity contribution in [1.82, 2.24) is 15.0 Å².